The van der Waals surface area contributed by atoms with Gasteiger partial charge in [-0.1, -0.05) is 40.5 Å². The highest BCUT2D eigenvalue weighted by Crippen LogP contribution is 2.30. The first kappa shape index (κ1) is 15.0. The predicted molar refractivity (Wildman–Crippen MR) is 74.1 cm³/mol. The Morgan fingerprint density at radius 2 is 2.00 bits per heavy atom. The third-order valence-corrected chi connectivity index (χ3v) is 4.32. The molecule has 0 aromatic heterocycles. The van der Waals surface area contributed by atoms with Gasteiger partial charge in [0, 0.05) is 19.2 Å². The predicted octanol–water partition coefficient (Wildman–Crippen LogP) is 3.20. The summed E-state index contributed by atoms with van der Waals surface area (Å²) in [5, 5.41) is 12.7. The minimum absolute atomic E-state index is 0.222. The zero-order valence-electron chi connectivity index (χ0n) is 12.1. The lowest BCUT2D eigenvalue weighted by Crippen LogP contribution is -2.40. The standard InChI is InChI=1S/C15H31NO/c1-12(2)13-6-5-7-14(10-13)16-11-15(3,4)8-9-17/h12-14,16-17H,5-11H2,1-4H3. The minimum Gasteiger partial charge on any atom is -0.396 e. The van der Waals surface area contributed by atoms with E-state index in [-0.39, 0.29) is 5.41 Å². The van der Waals surface area contributed by atoms with Crippen molar-refractivity contribution in [3.8, 4) is 0 Å². The van der Waals surface area contributed by atoms with E-state index in [1.54, 1.807) is 0 Å². The Bertz CT molecular complexity index is 213. The zero-order chi connectivity index (χ0) is 12.9. The normalized spacial score (nSPS) is 26.5. The molecule has 2 atom stereocenters. The molecule has 0 aromatic rings. The fourth-order valence-electron chi connectivity index (χ4n) is 2.83. The molecule has 17 heavy (non-hydrogen) atoms. The van der Waals surface area contributed by atoms with Crippen LogP contribution in [0.15, 0.2) is 0 Å². The van der Waals surface area contributed by atoms with Gasteiger partial charge in [0.2, 0.25) is 0 Å². The van der Waals surface area contributed by atoms with E-state index in [0.717, 1.165) is 24.8 Å². The van der Waals surface area contributed by atoms with Gasteiger partial charge in [0.25, 0.3) is 0 Å². The Kier molecular flexibility index (Phi) is 5.94. The first-order valence-electron chi connectivity index (χ1n) is 7.29. The third kappa shape index (κ3) is 5.39. The van der Waals surface area contributed by atoms with Crippen LogP contribution in [0.25, 0.3) is 0 Å². The van der Waals surface area contributed by atoms with Gasteiger partial charge in [0.1, 0.15) is 0 Å². The van der Waals surface area contributed by atoms with Crippen LogP contribution in [-0.4, -0.2) is 24.3 Å². The van der Waals surface area contributed by atoms with E-state index in [2.05, 4.69) is 33.0 Å². The van der Waals surface area contributed by atoms with Crippen LogP contribution in [0.2, 0.25) is 0 Å². The second-order valence-electron chi connectivity index (χ2n) is 6.89. The molecular formula is C15H31NO. The monoisotopic (exact) mass is 241 g/mol. The van der Waals surface area contributed by atoms with Gasteiger partial charge in [0.15, 0.2) is 0 Å². The lowest BCUT2D eigenvalue weighted by Gasteiger charge is -2.34. The van der Waals surface area contributed by atoms with Gasteiger partial charge in [0.05, 0.1) is 0 Å². The Balaban J connectivity index is 2.31. The Morgan fingerprint density at radius 1 is 1.29 bits per heavy atom. The van der Waals surface area contributed by atoms with E-state index in [4.69, 9.17) is 5.11 Å². The zero-order valence-corrected chi connectivity index (χ0v) is 12.1. The molecule has 2 N–H and O–H groups in total. The summed E-state index contributed by atoms with van der Waals surface area (Å²) < 4.78 is 0. The Hall–Kier alpha value is -0.0800. The molecule has 0 heterocycles. The van der Waals surface area contributed by atoms with E-state index >= 15 is 0 Å². The summed E-state index contributed by atoms with van der Waals surface area (Å²) in [6.07, 6.45) is 6.35. The topological polar surface area (TPSA) is 32.3 Å². The number of rotatable bonds is 6. The summed E-state index contributed by atoms with van der Waals surface area (Å²) in [6.45, 7) is 10.5. The van der Waals surface area contributed by atoms with Crippen molar-refractivity contribution < 1.29 is 5.11 Å². The third-order valence-electron chi connectivity index (χ3n) is 4.32. The van der Waals surface area contributed by atoms with Crippen LogP contribution in [0, 0.1) is 17.3 Å². The first-order valence-corrected chi connectivity index (χ1v) is 7.29. The molecule has 0 saturated heterocycles. The molecule has 1 saturated carbocycles. The molecule has 1 aliphatic rings. The van der Waals surface area contributed by atoms with Crippen LogP contribution in [0.3, 0.4) is 0 Å². The maximum Gasteiger partial charge on any atom is 0.0436 e. The van der Waals surface area contributed by atoms with E-state index in [1.165, 1.54) is 25.7 Å². The van der Waals surface area contributed by atoms with Crippen LogP contribution in [0.4, 0.5) is 0 Å². The summed E-state index contributed by atoms with van der Waals surface area (Å²) in [6, 6.07) is 0.703. The van der Waals surface area contributed by atoms with Crippen molar-refractivity contribution in [2.24, 2.45) is 17.3 Å². The lowest BCUT2D eigenvalue weighted by molar-refractivity contribution is 0.182. The van der Waals surface area contributed by atoms with Crippen molar-refractivity contribution in [3.05, 3.63) is 0 Å². The number of aliphatic hydroxyl groups is 1. The van der Waals surface area contributed by atoms with E-state index < -0.39 is 0 Å². The number of aliphatic hydroxyl groups excluding tert-OH is 1. The molecule has 0 spiro atoms. The smallest absolute Gasteiger partial charge is 0.0436 e. The molecule has 0 aromatic carbocycles. The summed E-state index contributed by atoms with van der Waals surface area (Å²) >= 11 is 0. The Labute approximate surface area is 107 Å². The van der Waals surface area contributed by atoms with Gasteiger partial charge in [-0.3, -0.25) is 0 Å². The molecule has 0 radical (unpaired) electrons. The van der Waals surface area contributed by atoms with Crippen molar-refractivity contribution in [3.63, 3.8) is 0 Å². The van der Waals surface area contributed by atoms with Crippen molar-refractivity contribution >= 4 is 0 Å². The molecular weight excluding hydrogens is 210 g/mol. The fourth-order valence-corrected chi connectivity index (χ4v) is 2.83. The average molecular weight is 241 g/mol. The molecule has 1 fully saturated rings. The highest BCUT2D eigenvalue weighted by atomic mass is 16.3. The summed E-state index contributed by atoms with van der Waals surface area (Å²) in [5.74, 6) is 1.73. The molecule has 2 nitrogen and oxygen atoms in total. The van der Waals surface area contributed by atoms with Gasteiger partial charge in [-0.25, -0.2) is 0 Å². The lowest BCUT2D eigenvalue weighted by atomic mass is 9.79. The maximum absolute atomic E-state index is 9.03. The van der Waals surface area contributed by atoms with Gasteiger partial charge in [-0.05, 0) is 36.5 Å². The van der Waals surface area contributed by atoms with Crippen molar-refractivity contribution in [1.29, 1.82) is 0 Å². The molecule has 0 aliphatic heterocycles. The van der Waals surface area contributed by atoms with Crippen molar-refractivity contribution in [2.45, 2.75) is 65.8 Å². The number of nitrogens with one attached hydrogen (secondary N) is 1. The van der Waals surface area contributed by atoms with E-state index in [1.807, 2.05) is 0 Å². The number of hydrogen-bond acceptors (Lipinski definition) is 2. The summed E-state index contributed by atoms with van der Waals surface area (Å²) in [5.41, 5.74) is 0.222. The maximum atomic E-state index is 9.03. The van der Waals surface area contributed by atoms with Crippen LogP contribution >= 0.6 is 0 Å². The van der Waals surface area contributed by atoms with Gasteiger partial charge in [-0.15, -0.1) is 0 Å². The Morgan fingerprint density at radius 3 is 2.59 bits per heavy atom. The molecule has 1 rings (SSSR count). The second kappa shape index (κ2) is 6.75. The summed E-state index contributed by atoms with van der Waals surface area (Å²) in [4.78, 5) is 0. The van der Waals surface area contributed by atoms with E-state index in [0.29, 0.717) is 12.6 Å². The van der Waals surface area contributed by atoms with Gasteiger partial charge < -0.3 is 10.4 Å². The van der Waals surface area contributed by atoms with Crippen molar-refractivity contribution in [2.75, 3.05) is 13.2 Å². The van der Waals surface area contributed by atoms with Crippen LogP contribution < -0.4 is 5.32 Å². The highest BCUT2D eigenvalue weighted by Gasteiger charge is 2.25. The van der Waals surface area contributed by atoms with Gasteiger partial charge >= 0.3 is 0 Å². The highest BCUT2D eigenvalue weighted by molar-refractivity contribution is 4.82. The molecule has 0 amide bonds. The minimum atomic E-state index is 0.222. The van der Waals surface area contributed by atoms with Gasteiger partial charge in [-0.2, -0.15) is 0 Å². The summed E-state index contributed by atoms with van der Waals surface area (Å²) in [7, 11) is 0. The van der Waals surface area contributed by atoms with Crippen LogP contribution in [0.1, 0.15) is 59.8 Å². The average Bonchev–Trinajstić information content (AvgIpc) is 2.27. The molecule has 1 aliphatic carbocycles. The molecule has 2 heteroatoms. The van der Waals surface area contributed by atoms with Crippen LogP contribution in [0.5, 0.6) is 0 Å². The number of hydrogen-bond donors (Lipinski definition) is 2. The molecule has 0 bridgehead atoms. The SMILES string of the molecule is CC(C)C1CCCC(NCC(C)(C)CCO)C1. The second-order valence-corrected chi connectivity index (χ2v) is 6.89. The molecule has 102 valence electrons. The fraction of sp³-hybridized carbons (Fsp3) is 1.00. The van der Waals surface area contributed by atoms with Crippen LogP contribution in [-0.2, 0) is 0 Å². The largest absolute Gasteiger partial charge is 0.396 e. The quantitative estimate of drug-likeness (QED) is 0.748. The van der Waals surface area contributed by atoms with E-state index in [9.17, 15) is 0 Å². The molecule has 2 unspecified atom stereocenters. The first-order chi connectivity index (χ1) is 7.94. The van der Waals surface area contributed by atoms with Crippen molar-refractivity contribution in [1.82, 2.24) is 5.32 Å².